The van der Waals surface area contributed by atoms with Crippen LogP contribution in [-0.4, -0.2) is 13.4 Å². The van der Waals surface area contributed by atoms with Gasteiger partial charge < -0.3 is 14.2 Å². The summed E-state index contributed by atoms with van der Waals surface area (Å²) in [4.78, 5) is 0. The van der Waals surface area contributed by atoms with Gasteiger partial charge in [0.25, 0.3) is 5.82 Å². The summed E-state index contributed by atoms with van der Waals surface area (Å²) >= 11 is 0. The van der Waals surface area contributed by atoms with Crippen LogP contribution < -0.4 is 24.5 Å². The molecule has 0 amide bonds. The Morgan fingerprint density at radius 2 is 1.86 bits per heavy atom. The summed E-state index contributed by atoms with van der Waals surface area (Å²) in [5.74, 6) is 2.80. The second-order valence-corrected chi connectivity index (χ2v) is 7.04. The van der Waals surface area contributed by atoms with Gasteiger partial charge in [0, 0.05) is 17.5 Å². The Kier molecular flexibility index (Phi) is 4.02. The van der Waals surface area contributed by atoms with E-state index in [9.17, 15) is 5.26 Å². The third-order valence-electron chi connectivity index (χ3n) is 5.46. The molecule has 5 rings (SSSR count). The molecule has 0 spiro atoms. The van der Waals surface area contributed by atoms with Crippen molar-refractivity contribution in [1.29, 1.82) is 5.26 Å². The minimum atomic E-state index is 0.241. The zero-order valence-electron chi connectivity index (χ0n) is 16.1. The summed E-state index contributed by atoms with van der Waals surface area (Å²) in [5.41, 5.74) is 11.9. The largest absolute Gasteiger partial charge is 0.494 e. The third-order valence-corrected chi connectivity index (χ3v) is 5.46. The maximum atomic E-state index is 9.82. The highest BCUT2D eigenvalue weighted by Crippen LogP contribution is 2.41. The number of nitrogens with zero attached hydrogens (tertiary/aromatic N) is 2. The Bertz CT molecular complexity index is 1160. The lowest BCUT2D eigenvalue weighted by Gasteiger charge is -2.21. The fraction of sp³-hybridized carbons (Fsp3) is 0.217. The molecule has 3 heterocycles. The molecule has 0 fully saturated rings. The summed E-state index contributed by atoms with van der Waals surface area (Å²) in [7, 11) is 0. The highest BCUT2D eigenvalue weighted by atomic mass is 16.7. The molecule has 29 heavy (non-hydrogen) atoms. The van der Waals surface area contributed by atoms with Gasteiger partial charge in [0.15, 0.2) is 11.5 Å². The molecule has 0 bridgehead atoms. The fourth-order valence-electron chi connectivity index (χ4n) is 4.06. The van der Waals surface area contributed by atoms with Gasteiger partial charge in [0.2, 0.25) is 6.79 Å². The van der Waals surface area contributed by atoms with E-state index >= 15 is 0 Å². The number of benzene rings is 2. The van der Waals surface area contributed by atoms with Gasteiger partial charge in [0.05, 0.1) is 13.2 Å². The van der Waals surface area contributed by atoms with Crippen molar-refractivity contribution in [2.24, 2.45) is 0 Å². The molecule has 0 radical (unpaired) electrons. The minimum absolute atomic E-state index is 0.241. The zero-order chi connectivity index (χ0) is 20.0. The Labute approximate surface area is 168 Å². The average Bonchev–Trinajstić information content (AvgIpc) is 3.20. The van der Waals surface area contributed by atoms with Crippen molar-refractivity contribution in [3.8, 4) is 45.7 Å². The van der Waals surface area contributed by atoms with Crippen LogP contribution in [0.5, 0.6) is 17.2 Å². The standard InChI is InChI=1S/C23H19N3O3/c1-2-27-16-5-3-14(4-6-16)17-10-20-18-11-22-21(28-13-29-22)9-15(18)7-8-26(20)23(25)19(17)12-24/h3-6,9-11,25H,2,7-8,13H2,1H3/p+1. The molecule has 0 unspecified atom stereocenters. The van der Waals surface area contributed by atoms with E-state index in [4.69, 9.17) is 19.9 Å². The number of fused-ring (bicyclic) bond motifs is 4. The molecule has 144 valence electrons. The Balaban J connectivity index is 1.69. The quantitative estimate of drug-likeness (QED) is 0.698. The molecule has 2 N–H and O–H groups in total. The van der Waals surface area contributed by atoms with Crippen molar-refractivity contribution < 1.29 is 18.8 Å². The highest BCUT2D eigenvalue weighted by molar-refractivity contribution is 5.80. The number of rotatable bonds is 3. The number of aromatic nitrogens is 1. The van der Waals surface area contributed by atoms with E-state index in [1.165, 1.54) is 5.56 Å². The normalized spacial score (nSPS) is 13.4. The topological polar surface area (TPSA) is 81.4 Å². The number of nitrogen functional groups attached to an aromatic ring is 1. The van der Waals surface area contributed by atoms with Crippen LogP contribution in [0.3, 0.4) is 0 Å². The van der Waals surface area contributed by atoms with Gasteiger partial charge in [-0.05, 0) is 48.4 Å². The predicted octanol–water partition coefficient (Wildman–Crippen LogP) is 3.45. The summed E-state index contributed by atoms with van der Waals surface area (Å²) < 4.78 is 18.7. The van der Waals surface area contributed by atoms with Gasteiger partial charge in [-0.2, -0.15) is 5.26 Å². The average molecular weight is 386 g/mol. The molecule has 0 aliphatic carbocycles. The first-order valence-electron chi connectivity index (χ1n) is 9.62. The molecule has 2 aliphatic rings. The summed E-state index contributed by atoms with van der Waals surface area (Å²) in [6.45, 7) is 3.52. The van der Waals surface area contributed by atoms with Crippen molar-refractivity contribution in [1.82, 2.24) is 0 Å². The maximum absolute atomic E-state index is 9.82. The van der Waals surface area contributed by atoms with Gasteiger partial charge in [0.1, 0.15) is 23.1 Å². The lowest BCUT2D eigenvalue weighted by Crippen LogP contribution is -2.43. The van der Waals surface area contributed by atoms with Gasteiger partial charge in [-0.1, -0.05) is 12.1 Å². The van der Waals surface area contributed by atoms with Crippen molar-refractivity contribution in [3.05, 3.63) is 53.6 Å². The number of nitrogens with two attached hydrogens (primary N) is 1. The number of hydrogen-bond acceptors (Lipinski definition) is 5. The van der Waals surface area contributed by atoms with E-state index in [-0.39, 0.29) is 6.79 Å². The number of aryl methyl sites for hydroxylation is 1. The third kappa shape index (κ3) is 2.74. The van der Waals surface area contributed by atoms with Gasteiger partial charge in [-0.3, -0.25) is 5.73 Å². The molecular formula is C23H20N3O3+. The Morgan fingerprint density at radius 1 is 1.10 bits per heavy atom. The maximum Gasteiger partial charge on any atom is 0.291 e. The van der Waals surface area contributed by atoms with Gasteiger partial charge >= 0.3 is 0 Å². The van der Waals surface area contributed by atoms with Crippen molar-refractivity contribution in [3.63, 3.8) is 0 Å². The van der Waals surface area contributed by atoms with Crippen LogP contribution >= 0.6 is 0 Å². The van der Waals surface area contributed by atoms with Crippen LogP contribution in [0.25, 0.3) is 22.4 Å². The van der Waals surface area contributed by atoms with Crippen LogP contribution in [0.1, 0.15) is 18.1 Å². The molecule has 1 aromatic heterocycles. The molecule has 2 aliphatic heterocycles. The summed E-state index contributed by atoms with van der Waals surface area (Å²) in [5, 5.41) is 9.82. The lowest BCUT2D eigenvalue weighted by molar-refractivity contribution is -0.673. The van der Waals surface area contributed by atoms with E-state index in [0.29, 0.717) is 24.5 Å². The van der Waals surface area contributed by atoms with Crippen LogP contribution in [0.15, 0.2) is 42.5 Å². The monoisotopic (exact) mass is 386 g/mol. The SMILES string of the molecule is CCOc1ccc(-c2cc3[n+](c(N)c2C#N)CCc2cc4c(cc2-3)OCO4)cc1. The van der Waals surface area contributed by atoms with E-state index in [1.807, 2.05) is 54.0 Å². The number of hydrogen-bond donors (Lipinski definition) is 1. The van der Waals surface area contributed by atoms with Crippen molar-refractivity contribution >= 4 is 5.82 Å². The first-order chi connectivity index (χ1) is 14.2. The van der Waals surface area contributed by atoms with Gasteiger partial charge in [-0.25, -0.2) is 4.57 Å². The first-order valence-corrected chi connectivity index (χ1v) is 9.62. The second kappa shape index (κ2) is 6.71. The summed E-state index contributed by atoms with van der Waals surface area (Å²) in [6, 6.07) is 16.1. The van der Waals surface area contributed by atoms with Crippen molar-refractivity contribution in [2.75, 3.05) is 19.1 Å². The number of pyridine rings is 1. The Morgan fingerprint density at radius 3 is 2.59 bits per heavy atom. The minimum Gasteiger partial charge on any atom is -0.494 e. The lowest BCUT2D eigenvalue weighted by atomic mass is 9.92. The molecule has 0 saturated heterocycles. The Hall–Kier alpha value is -3.72. The van der Waals surface area contributed by atoms with Crippen LogP contribution in [0, 0.1) is 11.3 Å². The van der Waals surface area contributed by atoms with E-state index in [0.717, 1.165) is 46.1 Å². The van der Waals surface area contributed by atoms with Crippen LogP contribution in [-0.2, 0) is 13.0 Å². The fourth-order valence-corrected chi connectivity index (χ4v) is 4.06. The highest BCUT2D eigenvalue weighted by Gasteiger charge is 2.29. The molecule has 2 aromatic carbocycles. The molecule has 6 nitrogen and oxygen atoms in total. The number of ether oxygens (including phenoxy) is 3. The molecule has 0 saturated carbocycles. The van der Waals surface area contributed by atoms with E-state index < -0.39 is 0 Å². The van der Waals surface area contributed by atoms with Crippen LogP contribution in [0.2, 0.25) is 0 Å². The van der Waals surface area contributed by atoms with Crippen molar-refractivity contribution in [2.45, 2.75) is 19.9 Å². The first kappa shape index (κ1) is 17.4. The molecule has 0 atom stereocenters. The molecular weight excluding hydrogens is 366 g/mol. The van der Waals surface area contributed by atoms with Gasteiger partial charge in [-0.15, -0.1) is 0 Å². The summed E-state index contributed by atoms with van der Waals surface area (Å²) in [6.07, 6.45) is 0.821. The molecule has 6 heteroatoms. The van der Waals surface area contributed by atoms with E-state index in [1.54, 1.807) is 0 Å². The molecule has 3 aromatic rings. The smallest absolute Gasteiger partial charge is 0.291 e. The zero-order valence-corrected chi connectivity index (χ0v) is 16.1. The van der Waals surface area contributed by atoms with E-state index in [2.05, 4.69) is 6.07 Å². The van der Waals surface area contributed by atoms with Crippen LogP contribution in [0.4, 0.5) is 5.82 Å². The number of nitriles is 1. The second-order valence-electron chi connectivity index (χ2n) is 7.04. The predicted molar refractivity (Wildman–Crippen MR) is 108 cm³/mol. The number of anilines is 1.